The van der Waals surface area contributed by atoms with Crippen molar-refractivity contribution in [1.29, 1.82) is 0 Å². The molecule has 2 N–H and O–H groups in total. The first-order valence-electron chi connectivity index (χ1n) is 8.90. The van der Waals surface area contributed by atoms with Crippen molar-refractivity contribution in [2.24, 2.45) is 0 Å². The van der Waals surface area contributed by atoms with E-state index in [9.17, 15) is 24.5 Å². The maximum absolute atomic E-state index is 11.8. The van der Waals surface area contributed by atoms with Gasteiger partial charge in [0, 0.05) is 36.3 Å². The molecule has 2 aromatic carbocycles. The second-order valence-electron chi connectivity index (χ2n) is 6.28. The van der Waals surface area contributed by atoms with Gasteiger partial charge in [-0.2, -0.15) is 0 Å². The number of nitrogens with one attached hydrogen (secondary N) is 2. The number of nitrogens with zero attached hydrogens (tertiary/aromatic N) is 1. The van der Waals surface area contributed by atoms with Crippen LogP contribution >= 0.6 is 0 Å². The summed E-state index contributed by atoms with van der Waals surface area (Å²) in [5.41, 5.74) is 2.03. The summed E-state index contributed by atoms with van der Waals surface area (Å²) in [6.45, 7) is 1.53. The molecule has 9 heteroatoms. The Balaban J connectivity index is 1.63. The lowest BCUT2D eigenvalue weighted by molar-refractivity contribution is -0.384. The van der Waals surface area contributed by atoms with Crippen LogP contribution in [0.2, 0.25) is 0 Å². The van der Waals surface area contributed by atoms with Gasteiger partial charge in [0.2, 0.25) is 5.91 Å². The number of carbonyl (C=O) groups is 3. The van der Waals surface area contributed by atoms with Gasteiger partial charge in [0.15, 0.2) is 6.61 Å². The zero-order valence-corrected chi connectivity index (χ0v) is 15.8. The van der Waals surface area contributed by atoms with Crippen LogP contribution in [0.1, 0.15) is 24.8 Å². The fraction of sp³-hybridized carbons (Fsp3) is 0.250. The highest BCUT2D eigenvalue weighted by atomic mass is 16.6. The third-order valence-electron chi connectivity index (χ3n) is 3.85. The Morgan fingerprint density at radius 2 is 1.45 bits per heavy atom. The van der Waals surface area contributed by atoms with Gasteiger partial charge in [-0.15, -0.1) is 0 Å². The van der Waals surface area contributed by atoms with Crippen molar-refractivity contribution in [3.05, 3.63) is 64.2 Å². The Bertz CT molecular complexity index is 878. The maximum Gasteiger partial charge on any atom is 0.306 e. The van der Waals surface area contributed by atoms with E-state index in [0.717, 1.165) is 5.56 Å². The maximum atomic E-state index is 11.8. The van der Waals surface area contributed by atoms with Gasteiger partial charge >= 0.3 is 5.97 Å². The van der Waals surface area contributed by atoms with Crippen LogP contribution in [0.4, 0.5) is 17.1 Å². The highest BCUT2D eigenvalue weighted by molar-refractivity contribution is 5.93. The van der Waals surface area contributed by atoms with E-state index in [1.54, 1.807) is 12.1 Å². The van der Waals surface area contributed by atoms with Gasteiger partial charge in [-0.25, -0.2) is 0 Å². The van der Waals surface area contributed by atoms with Crippen molar-refractivity contribution in [3.63, 3.8) is 0 Å². The van der Waals surface area contributed by atoms with Gasteiger partial charge in [0.1, 0.15) is 0 Å². The van der Waals surface area contributed by atoms with Crippen molar-refractivity contribution >= 4 is 34.8 Å². The Kier molecular flexibility index (Phi) is 7.84. The van der Waals surface area contributed by atoms with Gasteiger partial charge in [-0.05, 0) is 37.6 Å². The number of hydrogen-bond acceptors (Lipinski definition) is 6. The predicted molar refractivity (Wildman–Crippen MR) is 106 cm³/mol. The highest BCUT2D eigenvalue weighted by Gasteiger charge is 2.10. The predicted octanol–water partition coefficient (Wildman–Crippen LogP) is 3.19. The molecule has 0 atom stereocenters. The summed E-state index contributed by atoms with van der Waals surface area (Å²) in [6, 6.07) is 12.6. The van der Waals surface area contributed by atoms with Crippen molar-refractivity contribution in [2.45, 2.75) is 26.2 Å². The Morgan fingerprint density at radius 1 is 0.897 bits per heavy atom. The standard InChI is InChI=1S/C20H21N3O6/c1-14-5-7-15(8-6-14)22-19(25)13-29-20(26)4-2-3-18(24)21-16-9-11-17(12-10-16)23(27)28/h5-12H,2-4,13H2,1H3,(H,21,24)(H,22,25). The minimum atomic E-state index is -0.577. The third-order valence-corrected chi connectivity index (χ3v) is 3.85. The average Bonchev–Trinajstić information content (AvgIpc) is 2.68. The summed E-state index contributed by atoms with van der Waals surface area (Å²) in [6.07, 6.45) is 0.310. The molecule has 0 bridgehead atoms. The van der Waals surface area contributed by atoms with E-state index in [2.05, 4.69) is 10.6 Å². The molecule has 0 aliphatic rings. The Morgan fingerprint density at radius 3 is 2.03 bits per heavy atom. The molecule has 152 valence electrons. The molecule has 0 radical (unpaired) electrons. The highest BCUT2D eigenvalue weighted by Crippen LogP contribution is 2.15. The minimum absolute atomic E-state index is 0.00844. The minimum Gasteiger partial charge on any atom is -0.456 e. The van der Waals surface area contributed by atoms with Crippen LogP contribution in [0.15, 0.2) is 48.5 Å². The zero-order valence-electron chi connectivity index (χ0n) is 15.8. The van der Waals surface area contributed by atoms with Crippen LogP contribution in [0.25, 0.3) is 0 Å². The smallest absolute Gasteiger partial charge is 0.306 e. The van der Waals surface area contributed by atoms with Crippen LogP contribution in [0.5, 0.6) is 0 Å². The molecular formula is C20H21N3O6. The van der Waals surface area contributed by atoms with Crippen LogP contribution in [0, 0.1) is 17.0 Å². The number of rotatable bonds is 9. The fourth-order valence-corrected chi connectivity index (χ4v) is 2.34. The molecule has 2 rings (SSSR count). The summed E-state index contributed by atoms with van der Waals surface area (Å²) in [4.78, 5) is 45.3. The number of carbonyl (C=O) groups excluding carboxylic acids is 3. The average molecular weight is 399 g/mol. The first-order chi connectivity index (χ1) is 13.8. The summed E-state index contributed by atoms with van der Waals surface area (Å²) >= 11 is 0. The topological polar surface area (TPSA) is 128 Å². The van der Waals surface area contributed by atoms with E-state index in [1.165, 1.54) is 24.3 Å². The van der Waals surface area contributed by atoms with E-state index in [0.29, 0.717) is 11.4 Å². The quantitative estimate of drug-likeness (QED) is 0.379. The number of anilines is 2. The van der Waals surface area contributed by atoms with E-state index < -0.39 is 23.4 Å². The molecule has 29 heavy (non-hydrogen) atoms. The number of non-ortho nitro benzene ring substituents is 1. The number of aryl methyl sites for hydroxylation is 1. The van der Waals surface area contributed by atoms with Gasteiger partial charge in [0.05, 0.1) is 4.92 Å². The van der Waals surface area contributed by atoms with Crippen LogP contribution in [0.3, 0.4) is 0 Å². The molecule has 2 aromatic rings. The molecule has 2 amide bonds. The lowest BCUT2D eigenvalue weighted by Crippen LogP contribution is -2.21. The van der Waals surface area contributed by atoms with Crippen LogP contribution in [-0.2, 0) is 19.1 Å². The molecule has 0 aliphatic heterocycles. The van der Waals surface area contributed by atoms with Crippen LogP contribution < -0.4 is 10.6 Å². The van der Waals surface area contributed by atoms with Crippen LogP contribution in [-0.4, -0.2) is 29.3 Å². The van der Waals surface area contributed by atoms with E-state index in [-0.39, 0.29) is 30.9 Å². The Hall–Kier alpha value is -3.75. The monoisotopic (exact) mass is 399 g/mol. The van der Waals surface area contributed by atoms with E-state index in [4.69, 9.17) is 4.74 Å². The number of hydrogen-bond donors (Lipinski definition) is 2. The molecule has 0 heterocycles. The number of ether oxygens (including phenoxy) is 1. The Labute approximate surface area is 167 Å². The largest absolute Gasteiger partial charge is 0.456 e. The van der Waals surface area contributed by atoms with Gasteiger partial charge in [-0.3, -0.25) is 24.5 Å². The molecule has 0 unspecified atom stereocenters. The molecule has 0 fully saturated rings. The normalized spacial score (nSPS) is 10.1. The third kappa shape index (κ3) is 7.79. The second kappa shape index (κ2) is 10.5. The lowest BCUT2D eigenvalue weighted by Gasteiger charge is -2.07. The molecule has 0 spiro atoms. The van der Waals surface area contributed by atoms with Crippen molar-refractivity contribution < 1.29 is 24.0 Å². The number of benzene rings is 2. The SMILES string of the molecule is Cc1ccc(NC(=O)COC(=O)CCCC(=O)Nc2ccc([N+](=O)[O-])cc2)cc1. The summed E-state index contributed by atoms with van der Waals surface area (Å²) in [5.74, 6) is -1.35. The second-order valence-corrected chi connectivity index (χ2v) is 6.28. The zero-order chi connectivity index (χ0) is 21.2. The number of nitro benzene ring substituents is 1. The molecule has 0 aliphatic carbocycles. The summed E-state index contributed by atoms with van der Waals surface area (Å²) < 4.78 is 4.89. The molecule has 9 nitrogen and oxygen atoms in total. The first kappa shape index (κ1) is 21.5. The number of nitro groups is 1. The van der Waals surface area contributed by atoms with Crippen molar-refractivity contribution in [2.75, 3.05) is 17.2 Å². The van der Waals surface area contributed by atoms with Crippen molar-refractivity contribution in [1.82, 2.24) is 0 Å². The summed E-state index contributed by atoms with van der Waals surface area (Å²) in [7, 11) is 0. The molecule has 0 aromatic heterocycles. The first-order valence-corrected chi connectivity index (χ1v) is 8.90. The fourth-order valence-electron chi connectivity index (χ4n) is 2.34. The van der Waals surface area contributed by atoms with Crippen molar-refractivity contribution in [3.8, 4) is 0 Å². The summed E-state index contributed by atoms with van der Waals surface area (Å²) in [5, 5.41) is 15.8. The van der Waals surface area contributed by atoms with Gasteiger partial charge in [-0.1, -0.05) is 17.7 Å². The van der Waals surface area contributed by atoms with E-state index in [1.807, 2.05) is 19.1 Å². The van der Waals surface area contributed by atoms with Gasteiger partial charge < -0.3 is 15.4 Å². The molecule has 0 saturated heterocycles. The lowest BCUT2D eigenvalue weighted by atomic mass is 10.2. The van der Waals surface area contributed by atoms with E-state index >= 15 is 0 Å². The number of esters is 1. The number of amides is 2. The molecule has 0 saturated carbocycles. The molecular weight excluding hydrogens is 378 g/mol. The van der Waals surface area contributed by atoms with Gasteiger partial charge in [0.25, 0.3) is 11.6 Å².